The van der Waals surface area contributed by atoms with E-state index in [0.717, 1.165) is 18.9 Å². The first-order valence-electron chi connectivity index (χ1n) is 8.42. The van der Waals surface area contributed by atoms with E-state index >= 15 is 0 Å². The van der Waals surface area contributed by atoms with E-state index in [4.69, 9.17) is 0 Å². The lowest BCUT2D eigenvalue weighted by Gasteiger charge is -2.32. The number of nitrogens with one attached hydrogen (secondary N) is 2. The van der Waals surface area contributed by atoms with E-state index in [1.165, 1.54) is 32.1 Å². The monoisotopic (exact) mass is 282 g/mol. The van der Waals surface area contributed by atoms with Gasteiger partial charge in [0.05, 0.1) is 6.04 Å². The van der Waals surface area contributed by atoms with Crippen molar-refractivity contribution in [3.8, 4) is 0 Å². The van der Waals surface area contributed by atoms with Gasteiger partial charge in [0.25, 0.3) is 0 Å². The molecule has 2 atom stereocenters. The minimum absolute atomic E-state index is 0.0892. The van der Waals surface area contributed by atoms with Gasteiger partial charge in [-0.1, -0.05) is 33.6 Å². The molecule has 1 aliphatic rings. The number of carbonyl (C=O) groups is 1. The van der Waals surface area contributed by atoms with Crippen LogP contribution in [0.25, 0.3) is 0 Å². The zero-order chi connectivity index (χ0) is 15.2. The minimum atomic E-state index is -0.0892. The molecule has 1 saturated carbocycles. The predicted octanol–water partition coefficient (Wildman–Crippen LogP) is 3.49. The molecule has 0 bridgehead atoms. The fraction of sp³-hybridized carbons (Fsp3) is 0.941. The van der Waals surface area contributed by atoms with Crippen molar-refractivity contribution in [2.45, 2.75) is 85.2 Å². The van der Waals surface area contributed by atoms with Crippen LogP contribution in [-0.2, 0) is 4.79 Å². The maximum absolute atomic E-state index is 12.1. The lowest BCUT2D eigenvalue weighted by molar-refractivity contribution is -0.123. The molecule has 2 N–H and O–H groups in total. The van der Waals surface area contributed by atoms with Gasteiger partial charge in [0.2, 0.25) is 5.91 Å². The Balaban J connectivity index is 2.44. The summed E-state index contributed by atoms with van der Waals surface area (Å²) < 4.78 is 0. The molecule has 0 spiro atoms. The van der Waals surface area contributed by atoms with Crippen molar-refractivity contribution in [1.29, 1.82) is 0 Å². The molecule has 1 aliphatic carbocycles. The van der Waals surface area contributed by atoms with Gasteiger partial charge >= 0.3 is 0 Å². The SMILES string of the molecule is CCC(C)NC(=O)C(C)NCC1(CC(C)C)CCCC1. The van der Waals surface area contributed by atoms with Crippen molar-refractivity contribution in [2.75, 3.05) is 6.54 Å². The van der Waals surface area contributed by atoms with Gasteiger partial charge < -0.3 is 10.6 Å². The summed E-state index contributed by atoms with van der Waals surface area (Å²) in [5, 5.41) is 6.54. The highest BCUT2D eigenvalue weighted by Crippen LogP contribution is 2.42. The molecule has 0 aliphatic heterocycles. The lowest BCUT2D eigenvalue weighted by atomic mass is 9.78. The molecular formula is C17H34N2O. The van der Waals surface area contributed by atoms with E-state index in [9.17, 15) is 4.79 Å². The molecule has 3 heteroatoms. The summed E-state index contributed by atoms with van der Waals surface area (Å²) in [6, 6.07) is 0.177. The number of amides is 1. The van der Waals surface area contributed by atoms with Gasteiger partial charge in [0, 0.05) is 12.6 Å². The topological polar surface area (TPSA) is 41.1 Å². The summed E-state index contributed by atoms with van der Waals surface area (Å²) in [7, 11) is 0. The fourth-order valence-electron chi connectivity index (χ4n) is 3.38. The van der Waals surface area contributed by atoms with Crippen LogP contribution in [0.5, 0.6) is 0 Å². The van der Waals surface area contributed by atoms with Gasteiger partial charge in [-0.3, -0.25) is 4.79 Å². The van der Waals surface area contributed by atoms with E-state index in [1.54, 1.807) is 0 Å². The summed E-state index contributed by atoms with van der Waals surface area (Å²) in [4.78, 5) is 12.1. The Morgan fingerprint density at radius 1 is 1.15 bits per heavy atom. The van der Waals surface area contributed by atoms with Gasteiger partial charge in [0.15, 0.2) is 0 Å². The van der Waals surface area contributed by atoms with Gasteiger partial charge in [-0.2, -0.15) is 0 Å². The second-order valence-corrected chi connectivity index (χ2v) is 7.23. The molecule has 0 heterocycles. The number of hydrogen-bond donors (Lipinski definition) is 2. The quantitative estimate of drug-likeness (QED) is 0.715. The van der Waals surface area contributed by atoms with Crippen LogP contribution in [0.3, 0.4) is 0 Å². The Morgan fingerprint density at radius 3 is 2.25 bits per heavy atom. The first-order valence-corrected chi connectivity index (χ1v) is 8.42. The number of rotatable bonds is 8. The molecule has 0 aromatic carbocycles. The van der Waals surface area contributed by atoms with E-state index in [2.05, 4.69) is 38.3 Å². The summed E-state index contributed by atoms with van der Waals surface area (Å²) in [6.45, 7) is 11.7. The van der Waals surface area contributed by atoms with Crippen molar-refractivity contribution in [1.82, 2.24) is 10.6 Å². The van der Waals surface area contributed by atoms with Crippen LogP contribution >= 0.6 is 0 Å². The van der Waals surface area contributed by atoms with E-state index in [1.807, 2.05) is 6.92 Å². The molecule has 3 nitrogen and oxygen atoms in total. The second-order valence-electron chi connectivity index (χ2n) is 7.23. The highest BCUT2D eigenvalue weighted by atomic mass is 16.2. The van der Waals surface area contributed by atoms with Gasteiger partial charge in [-0.15, -0.1) is 0 Å². The molecule has 1 amide bonds. The number of hydrogen-bond acceptors (Lipinski definition) is 2. The van der Waals surface area contributed by atoms with Crippen LogP contribution in [0.15, 0.2) is 0 Å². The largest absolute Gasteiger partial charge is 0.352 e. The highest BCUT2D eigenvalue weighted by molar-refractivity contribution is 5.81. The van der Waals surface area contributed by atoms with Crippen LogP contribution < -0.4 is 10.6 Å². The first kappa shape index (κ1) is 17.5. The van der Waals surface area contributed by atoms with E-state index in [-0.39, 0.29) is 18.0 Å². The summed E-state index contributed by atoms with van der Waals surface area (Å²) >= 11 is 0. The number of carbonyl (C=O) groups excluding carboxylic acids is 1. The molecule has 0 aromatic heterocycles. The van der Waals surface area contributed by atoms with Crippen LogP contribution in [0.4, 0.5) is 0 Å². The van der Waals surface area contributed by atoms with Crippen LogP contribution in [0.2, 0.25) is 0 Å². The van der Waals surface area contributed by atoms with Crippen molar-refractivity contribution < 1.29 is 4.79 Å². The maximum atomic E-state index is 12.1. The van der Waals surface area contributed by atoms with Crippen molar-refractivity contribution in [3.63, 3.8) is 0 Å². The van der Waals surface area contributed by atoms with Gasteiger partial charge in [0.1, 0.15) is 0 Å². The smallest absolute Gasteiger partial charge is 0.237 e. The molecule has 20 heavy (non-hydrogen) atoms. The normalized spacial score (nSPS) is 20.9. The standard InChI is InChI=1S/C17H34N2O/c1-6-14(4)19-16(20)15(5)18-12-17(11-13(2)3)9-7-8-10-17/h13-15,18H,6-12H2,1-5H3,(H,19,20). The Kier molecular flexibility index (Phi) is 7.01. The molecular weight excluding hydrogens is 248 g/mol. The molecule has 1 rings (SSSR count). The third-order valence-electron chi connectivity index (χ3n) is 4.68. The highest BCUT2D eigenvalue weighted by Gasteiger charge is 2.34. The van der Waals surface area contributed by atoms with Crippen LogP contribution in [0.1, 0.15) is 73.1 Å². The Hall–Kier alpha value is -0.570. The van der Waals surface area contributed by atoms with E-state index in [0.29, 0.717) is 5.41 Å². The lowest BCUT2D eigenvalue weighted by Crippen LogP contribution is -2.48. The zero-order valence-electron chi connectivity index (χ0n) is 14.1. The van der Waals surface area contributed by atoms with E-state index < -0.39 is 0 Å². The maximum Gasteiger partial charge on any atom is 0.237 e. The molecule has 0 saturated heterocycles. The Labute approximate surface area is 125 Å². The molecule has 0 radical (unpaired) electrons. The Morgan fingerprint density at radius 2 is 1.75 bits per heavy atom. The fourth-order valence-corrected chi connectivity index (χ4v) is 3.38. The second kappa shape index (κ2) is 8.02. The third kappa shape index (κ3) is 5.43. The molecule has 118 valence electrons. The summed E-state index contributed by atoms with van der Waals surface area (Å²) in [5.74, 6) is 0.871. The first-order chi connectivity index (χ1) is 9.38. The van der Waals surface area contributed by atoms with Crippen molar-refractivity contribution >= 4 is 5.91 Å². The van der Waals surface area contributed by atoms with Crippen molar-refractivity contribution in [3.05, 3.63) is 0 Å². The summed E-state index contributed by atoms with van der Waals surface area (Å²) in [5.41, 5.74) is 0.430. The van der Waals surface area contributed by atoms with Gasteiger partial charge in [-0.25, -0.2) is 0 Å². The third-order valence-corrected chi connectivity index (χ3v) is 4.68. The zero-order valence-corrected chi connectivity index (χ0v) is 14.1. The molecule has 0 aromatic rings. The van der Waals surface area contributed by atoms with Crippen molar-refractivity contribution in [2.24, 2.45) is 11.3 Å². The minimum Gasteiger partial charge on any atom is -0.352 e. The summed E-state index contributed by atoms with van der Waals surface area (Å²) in [6.07, 6.45) is 7.59. The molecule has 2 unspecified atom stereocenters. The Bertz CT molecular complexity index is 295. The average Bonchev–Trinajstić information content (AvgIpc) is 2.83. The predicted molar refractivity (Wildman–Crippen MR) is 85.7 cm³/mol. The van der Waals surface area contributed by atoms with Crippen LogP contribution in [-0.4, -0.2) is 24.5 Å². The average molecular weight is 282 g/mol. The molecule has 1 fully saturated rings. The van der Waals surface area contributed by atoms with Gasteiger partial charge in [-0.05, 0) is 50.9 Å². The van der Waals surface area contributed by atoms with Crippen LogP contribution in [0, 0.1) is 11.3 Å².